The number of hydrogen-bond donors (Lipinski definition) is 1. The Bertz CT molecular complexity index is 448. The third-order valence-corrected chi connectivity index (χ3v) is 3.82. The van der Waals surface area contributed by atoms with Gasteiger partial charge < -0.3 is 15.4 Å². The minimum atomic E-state index is 0.217. The minimum absolute atomic E-state index is 0.217. The van der Waals surface area contributed by atoms with Crippen molar-refractivity contribution in [2.24, 2.45) is 11.7 Å². The van der Waals surface area contributed by atoms with E-state index in [1.54, 1.807) is 0 Å². The van der Waals surface area contributed by atoms with Crippen molar-refractivity contribution < 1.29 is 9.53 Å². The Hall–Kier alpha value is -1.55. The fraction of sp³-hybridized carbons (Fsp3) is 0.562. The molecule has 0 aliphatic carbocycles. The molecule has 1 amide bonds. The van der Waals surface area contributed by atoms with Crippen molar-refractivity contribution >= 4 is 5.91 Å². The molecule has 1 aromatic rings. The van der Waals surface area contributed by atoms with Crippen molar-refractivity contribution in [3.05, 3.63) is 29.8 Å². The molecule has 1 heterocycles. The summed E-state index contributed by atoms with van der Waals surface area (Å²) in [5.74, 6) is 1.63. The van der Waals surface area contributed by atoms with E-state index in [1.807, 2.05) is 29.2 Å². The number of nitrogens with zero attached hydrogens (tertiary/aromatic N) is 1. The number of amides is 1. The number of para-hydroxylation sites is 1. The molecule has 2 N–H and O–H groups in total. The Balaban J connectivity index is 1.91. The first-order valence-electron chi connectivity index (χ1n) is 7.39. The average molecular weight is 276 g/mol. The largest absolute Gasteiger partial charge is 0.491 e. The number of benzene rings is 1. The standard InChI is InChI=1S/C16H24N2O2/c1-13(8-9-17)6-7-16(19)18-10-11-20-15-5-3-2-4-14(15)12-18/h2-5,13H,6-12,17H2,1H3. The molecule has 0 radical (unpaired) electrons. The smallest absolute Gasteiger partial charge is 0.222 e. The van der Waals surface area contributed by atoms with Crippen molar-refractivity contribution in [3.63, 3.8) is 0 Å². The van der Waals surface area contributed by atoms with Gasteiger partial charge in [0.05, 0.1) is 6.54 Å². The molecule has 1 atom stereocenters. The van der Waals surface area contributed by atoms with Crippen LogP contribution in [0.4, 0.5) is 0 Å². The highest BCUT2D eigenvalue weighted by Crippen LogP contribution is 2.23. The lowest BCUT2D eigenvalue weighted by Gasteiger charge is -2.20. The van der Waals surface area contributed by atoms with Gasteiger partial charge in [-0.15, -0.1) is 0 Å². The number of fused-ring (bicyclic) bond motifs is 1. The predicted octanol–water partition coefficient (Wildman–Crippen LogP) is 2.17. The van der Waals surface area contributed by atoms with Gasteiger partial charge in [0, 0.05) is 18.5 Å². The number of carbonyl (C=O) groups is 1. The van der Waals surface area contributed by atoms with Crippen LogP contribution in [-0.4, -0.2) is 30.5 Å². The van der Waals surface area contributed by atoms with Crippen molar-refractivity contribution in [1.82, 2.24) is 4.90 Å². The van der Waals surface area contributed by atoms with E-state index >= 15 is 0 Å². The van der Waals surface area contributed by atoms with Crippen molar-refractivity contribution in [2.75, 3.05) is 19.7 Å². The van der Waals surface area contributed by atoms with Gasteiger partial charge in [-0.25, -0.2) is 0 Å². The van der Waals surface area contributed by atoms with Crippen LogP contribution in [0.1, 0.15) is 31.7 Å². The summed E-state index contributed by atoms with van der Waals surface area (Å²) in [5.41, 5.74) is 6.63. The third kappa shape index (κ3) is 3.97. The van der Waals surface area contributed by atoms with Crippen LogP contribution in [0.2, 0.25) is 0 Å². The van der Waals surface area contributed by atoms with Crippen LogP contribution in [0.3, 0.4) is 0 Å². The zero-order valence-corrected chi connectivity index (χ0v) is 12.2. The van der Waals surface area contributed by atoms with E-state index in [1.165, 1.54) is 0 Å². The fourth-order valence-corrected chi connectivity index (χ4v) is 2.50. The molecule has 0 spiro atoms. The summed E-state index contributed by atoms with van der Waals surface area (Å²) in [4.78, 5) is 14.2. The van der Waals surface area contributed by atoms with Gasteiger partial charge in [0.25, 0.3) is 0 Å². The van der Waals surface area contributed by atoms with Gasteiger partial charge in [-0.05, 0) is 31.4 Å². The summed E-state index contributed by atoms with van der Waals surface area (Å²) in [5, 5.41) is 0. The normalized spacial score (nSPS) is 16.0. The molecule has 0 bridgehead atoms. The molecule has 0 saturated heterocycles. The van der Waals surface area contributed by atoms with Crippen LogP contribution in [0.5, 0.6) is 5.75 Å². The highest BCUT2D eigenvalue weighted by atomic mass is 16.5. The molecule has 0 saturated carbocycles. The molecule has 2 rings (SSSR count). The quantitative estimate of drug-likeness (QED) is 0.896. The Morgan fingerprint density at radius 3 is 3.00 bits per heavy atom. The van der Waals surface area contributed by atoms with Gasteiger partial charge in [-0.3, -0.25) is 4.79 Å². The lowest BCUT2D eigenvalue weighted by atomic mass is 10.0. The van der Waals surface area contributed by atoms with Crippen LogP contribution in [0, 0.1) is 5.92 Å². The summed E-state index contributed by atoms with van der Waals surface area (Å²) < 4.78 is 5.68. The molecule has 0 aromatic heterocycles. The average Bonchev–Trinajstić information content (AvgIpc) is 2.67. The van der Waals surface area contributed by atoms with Crippen molar-refractivity contribution in [3.8, 4) is 5.75 Å². The highest BCUT2D eigenvalue weighted by Gasteiger charge is 2.19. The second kappa shape index (κ2) is 7.29. The molecule has 1 aromatic carbocycles. The van der Waals surface area contributed by atoms with E-state index in [-0.39, 0.29) is 5.91 Å². The van der Waals surface area contributed by atoms with Crippen LogP contribution in [-0.2, 0) is 11.3 Å². The monoisotopic (exact) mass is 276 g/mol. The van der Waals surface area contributed by atoms with Gasteiger partial charge in [0.15, 0.2) is 0 Å². The summed E-state index contributed by atoms with van der Waals surface area (Å²) in [6.07, 6.45) is 2.50. The maximum atomic E-state index is 12.3. The van der Waals surface area contributed by atoms with Gasteiger partial charge >= 0.3 is 0 Å². The van der Waals surface area contributed by atoms with Crippen LogP contribution in [0.15, 0.2) is 24.3 Å². The second-order valence-electron chi connectivity index (χ2n) is 5.49. The number of ether oxygens (including phenoxy) is 1. The molecule has 20 heavy (non-hydrogen) atoms. The van der Waals surface area contributed by atoms with E-state index in [9.17, 15) is 4.79 Å². The van der Waals surface area contributed by atoms with E-state index in [0.717, 1.165) is 24.2 Å². The molecule has 110 valence electrons. The second-order valence-corrected chi connectivity index (χ2v) is 5.49. The van der Waals surface area contributed by atoms with Crippen LogP contribution >= 0.6 is 0 Å². The lowest BCUT2D eigenvalue weighted by Crippen LogP contribution is -2.32. The van der Waals surface area contributed by atoms with Gasteiger partial charge in [0.2, 0.25) is 5.91 Å². The van der Waals surface area contributed by atoms with E-state index in [2.05, 4.69) is 6.92 Å². The Kier molecular flexibility index (Phi) is 5.41. The molecule has 4 nitrogen and oxygen atoms in total. The Morgan fingerprint density at radius 2 is 2.20 bits per heavy atom. The molecular weight excluding hydrogens is 252 g/mol. The lowest BCUT2D eigenvalue weighted by molar-refractivity contribution is -0.132. The topological polar surface area (TPSA) is 55.6 Å². The van der Waals surface area contributed by atoms with Crippen molar-refractivity contribution in [1.29, 1.82) is 0 Å². The molecule has 4 heteroatoms. The zero-order chi connectivity index (χ0) is 14.4. The minimum Gasteiger partial charge on any atom is -0.491 e. The van der Waals surface area contributed by atoms with Gasteiger partial charge in [-0.2, -0.15) is 0 Å². The van der Waals surface area contributed by atoms with Crippen molar-refractivity contribution in [2.45, 2.75) is 32.7 Å². The van der Waals surface area contributed by atoms with Gasteiger partial charge in [-0.1, -0.05) is 25.1 Å². The molecule has 1 aliphatic rings. The molecule has 1 unspecified atom stereocenters. The maximum absolute atomic E-state index is 12.3. The van der Waals surface area contributed by atoms with E-state index < -0.39 is 0 Å². The third-order valence-electron chi connectivity index (χ3n) is 3.82. The fourth-order valence-electron chi connectivity index (χ4n) is 2.50. The molecule has 1 aliphatic heterocycles. The first kappa shape index (κ1) is 14.9. The molecular formula is C16H24N2O2. The van der Waals surface area contributed by atoms with Crippen LogP contribution in [0.25, 0.3) is 0 Å². The molecule has 0 fully saturated rings. The number of hydrogen-bond acceptors (Lipinski definition) is 3. The SMILES string of the molecule is CC(CCN)CCC(=O)N1CCOc2ccccc2C1. The summed E-state index contributed by atoms with van der Waals surface area (Å²) >= 11 is 0. The Morgan fingerprint density at radius 1 is 1.40 bits per heavy atom. The van der Waals surface area contributed by atoms with E-state index in [0.29, 0.717) is 38.6 Å². The first-order chi connectivity index (χ1) is 9.70. The Labute approximate surface area is 120 Å². The summed E-state index contributed by atoms with van der Waals surface area (Å²) in [7, 11) is 0. The summed E-state index contributed by atoms with van der Waals surface area (Å²) in [6, 6.07) is 7.94. The van der Waals surface area contributed by atoms with Gasteiger partial charge in [0.1, 0.15) is 12.4 Å². The summed E-state index contributed by atoms with van der Waals surface area (Å²) in [6.45, 7) is 4.74. The number of carbonyl (C=O) groups excluding carboxylic acids is 1. The maximum Gasteiger partial charge on any atom is 0.222 e. The number of nitrogens with two attached hydrogens (primary N) is 1. The first-order valence-corrected chi connectivity index (χ1v) is 7.39. The highest BCUT2D eigenvalue weighted by molar-refractivity contribution is 5.76. The predicted molar refractivity (Wildman–Crippen MR) is 79.4 cm³/mol. The number of rotatable bonds is 5. The van der Waals surface area contributed by atoms with Crippen LogP contribution < -0.4 is 10.5 Å². The van der Waals surface area contributed by atoms with E-state index in [4.69, 9.17) is 10.5 Å². The zero-order valence-electron chi connectivity index (χ0n) is 12.2.